The molecule has 808 valence electrons. The van der Waals surface area contributed by atoms with Crippen LogP contribution in [0.3, 0.4) is 0 Å². The summed E-state index contributed by atoms with van der Waals surface area (Å²) in [5.74, 6) is 0.00718. The molecule has 9 heterocycles. The summed E-state index contributed by atoms with van der Waals surface area (Å²) in [5.41, 5.74) is 0. The van der Waals surface area contributed by atoms with E-state index in [1.54, 1.807) is 11.8 Å². The van der Waals surface area contributed by atoms with Gasteiger partial charge in [-0.15, -0.1) is 17.3 Å². The fourth-order valence-corrected chi connectivity index (χ4v) is 21.2. The fourth-order valence-electron chi connectivity index (χ4n) is 16.8. The number of hydrogen-bond acceptors (Lipinski definition) is 62. The van der Waals surface area contributed by atoms with Crippen LogP contribution in [0.4, 0.5) is 4.79 Å². The smallest absolute Gasteiger partial charge is 0.382 e. The van der Waals surface area contributed by atoms with Crippen LogP contribution >= 0.6 is 61.1 Å². The largest absolute Gasteiger partial charge is 0.397 e. The summed E-state index contributed by atoms with van der Waals surface area (Å²) >= 11 is 0.320. The molecule has 9 rings (SSSR count). The molecular formula is C65H113N3O61S9. The van der Waals surface area contributed by atoms with Crippen molar-refractivity contribution >= 4 is 115 Å². The van der Waals surface area contributed by atoms with E-state index in [9.17, 15) is 71.8 Å². The van der Waals surface area contributed by atoms with Gasteiger partial charge in [0.15, 0.2) is 106 Å². The van der Waals surface area contributed by atoms with Crippen molar-refractivity contribution in [1.29, 1.82) is 0 Å². The lowest BCUT2D eigenvalue weighted by Gasteiger charge is -2.52. The van der Waals surface area contributed by atoms with E-state index in [0.29, 0.717) is 18.6 Å². The van der Waals surface area contributed by atoms with Gasteiger partial charge in [-0.3, -0.25) is 39.7 Å². The van der Waals surface area contributed by atoms with Crippen molar-refractivity contribution in [3.63, 3.8) is 0 Å². The molecule has 9 fully saturated rings. The van der Waals surface area contributed by atoms with Gasteiger partial charge in [0.2, 0.25) is 5.91 Å². The Balaban J connectivity index is 1.04. The molecule has 3 amide bonds. The number of carbonyl (C=O) groups is 2. The summed E-state index contributed by atoms with van der Waals surface area (Å²) in [7, 11) is -5.73. The van der Waals surface area contributed by atoms with E-state index < -0.39 is 301 Å². The molecule has 17 unspecified atom stereocenters. The Labute approximate surface area is 810 Å². The number of methoxy groups -OCH3 is 13. The first kappa shape index (κ1) is 120. The maximum atomic E-state index is 14.3. The average Bonchev–Trinajstić information content (AvgIpc) is 1.10. The van der Waals surface area contributed by atoms with Crippen molar-refractivity contribution in [3.8, 4) is 0 Å². The Morgan fingerprint density at radius 3 is 1.03 bits per heavy atom. The van der Waals surface area contributed by atoms with Crippen LogP contribution in [0.15, 0.2) is 0 Å². The Morgan fingerprint density at radius 2 is 0.674 bits per heavy atom. The van der Waals surface area contributed by atoms with Crippen LogP contribution < -0.4 is 16.0 Å². The molecule has 0 aromatic carbocycles. The first-order valence-electron chi connectivity index (χ1n) is 40.6. The maximum Gasteiger partial charge on any atom is 0.397 e. The molecule has 38 atom stereocenters. The number of rotatable bonds is 62. The third-order valence-corrected chi connectivity index (χ3v) is 27.4. The van der Waals surface area contributed by atoms with Gasteiger partial charge in [0.1, 0.15) is 159 Å². The zero-order valence-electron chi connectivity index (χ0n) is 74.9. The molecule has 12 N–H and O–H groups in total. The quantitative estimate of drug-likeness (QED) is 0.00700. The van der Waals surface area contributed by atoms with Gasteiger partial charge in [0.05, 0.1) is 51.7 Å². The summed E-state index contributed by atoms with van der Waals surface area (Å²) in [4.78, 5) is 26.6. The SMILES string of the molecule is COCC1O[C@@H](O[C@H]2C(OC)C(OC)[C@H](O[C@H]3C(OC)C(OC)[C@H](O[C@@H]4C(COS(=O)(=O)O)O[C@@H](O)C(OC)[C@H]4OC)O[C@H]3COC)O[C@H]2COC)C(OC)[C@@H](OC)[C@@H]1O[C@H]1OC(CNC(=O)CCCCC2SCC3NC(=O)NC32)[C@@H](O[C@@H]2O[C@@H](COS(=O)(=O)O)[C@@H](O[C@H]3O[C@@H](COS(=O)(=O)O)[C@@H](OSOOO)C(OSOOO)C3OSOOO)C(OSOOO)C2OS(=O)(=O)O)[C@H](OC)C1OC. The molecule has 0 bridgehead atoms. The second kappa shape index (κ2) is 58.4. The zero-order valence-corrected chi connectivity index (χ0v) is 82.2. The number of fused-ring (bicyclic) bond motifs is 1. The molecule has 73 heteroatoms. The number of carbonyl (C=O) groups excluding carboxylic acids is 2. The summed E-state index contributed by atoms with van der Waals surface area (Å²) in [6, 6.07) is -0.597. The lowest BCUT2D eigenvalue weighted by Crippen LogP contribution is -2.69. The molecule has 0 aliphatic carbocycles. The number of hydrogen-bond donors (Lipinski definition) is 12. The van der Waals surface area contributed by atoms with Crippen molar-refractivity contribution in [2.24, 2.45) is 0 Å². The number of thioether (sulfide) groups is 1. The highest BCUT2D eigenvalue weighted by Crippen LogP contribution is 2.45. The summed E-state index contributed by atoms with van der Waals surface area (Å²) in [5, 5.41) is 70.6. The standard InChI is InChI=1S/C65H113N3O61S9/c1-88-19-28-38(46(93-6)53(98-11)60(106-28)113-39-29(20-89-2)107-61(54(99-12)47(39)94-7)114-40-30(21-90-3)108-62(55(100-13)48(40)95-8)115-41-31(22-101-135(76,77)78)104-58(70)51(96-9)44(41)91-4)112-59-52(97-10)45(92-5)37(27(105-59)18-66-35(69)17-15-14-16-34-36-26(25-130-34)67-65(71)68-36)111-64-57(121-138(85,86)87)49(118-132-127-123-73)42(32(109-64)23-102-136(79,80)81)116-63-56(120-134-129-125-75)50(119-133-128-124-74)43(117-131-126-122-72)33(110-63)24-103-137(82,83)84/h26-34,36-64,70,72-75H,14-25H2,1-13H3,(H,66,69)(H2,67,68,71)(H,76,77,78)(H,79,80,81)(H,82,83,84)(H,85,86,87)/t26?,27?,28?,29-,30-,31?,32-,33-,34?,36?,37+,38+,39+,40+,41+,42+,43+,44-,45-,46-,47?,48?,49?,50?,51?,52?,53?,54?,55?,56?,57?,58+,59+,60-,61-,62-,63+,64-/m0/s1. The van der Waals surface area contributed by atoms with Gasteiger partial charge in [-0.1, -0.05) is 26.6 Å². The Morgan fingerprint density at radius 1 is 0.370 bits per heavy atom. The van der Waals surface area contributed by atoms with Crippen LogP contribution in [-0.2, 0) is 241 Å². The molecule has 64 nitrogen and oxygen atoms in total. The number of amides is 3. The molecule has 0 spiro atoms. The number of aliphatic hydroxyl groups is 1. The molecule has 0 aromatic rings. The number of urea groups is 1. The molecule has 9 aliphatic heterocycles. The van der Waals surface area contributed by atoms with Crippen LogP contribution in [0.1, 0.15) is 25.7 Å². The van der Waals surface area contributed by atoms with Gasteiger partial charge >= 0.3 is 47.6 Å². The van der Waals surface area contributed by atoms with Gasteiger partial charge < -0.3 is 144 Å². The highest BCUT2D eigenvalue weighted by atomic mass is 32.3. The van der Waals surface area contributed by atoms with Crippen LogP contribution in [0, 0.1) is 0 Å². The Hall–Kier alpha value is -1.75. The van der Waals surface area contributed by atoms with Gasteiger partial charge in [0.25, 0.3) is 0 Å². The highest BCUT2D eigenvalue weighted by Gasteiger charge is 2.63. The van der Waals surface area contributed by atoms with E-state index in [4.69, 9.17) is 164 Å². The maximum absolute atomic E-state index is 14.3. The monoisotopic (exact) mass is 2200 g/mol. The third kappa shape index (κ3) is 33.4. The minimum atomic E-state index is -6.01. The van der Waals surface area contributed by atoms with Crippen LogP contribution in [0.2, 0.25) is 0 Å². The van der Waals surface area contributed by atoms with Crippen LogP contribution in [0.25, 0.3) is 0 Å². The lowest BCUT2D eigenvalue weighted by atomic mass is 9.94. The van der Waals surface area contributed by atoms with Crippen LogP contribution in [-0.4, -0.2) is 467 Å². The Kier molecular flexibility index (Phi) is 50.7. The number of aliphatic hydroxyl groups excluding tert-OH is 1. The minimum Gasteiger partial charge on any atom is -0.382 e. The second-order valence-electron chi connectivity index (χ2n) is 30.2. The molecule has 9 aliphatic rings. The van der Waals surface area contributed by atoms with E-state index in [-0.39, 0.29) is 93.0 Å². The summed E-state index contributed by atoms with van der Waals surface area (Å²) in [6.07, 6.45) is -58.9. The predicted octanol–water partition coefficient (Wildman–Crippen LogP) is -3.58. The van der Waals surface area contributed by atoms with Gasteiger partial charge in [0, 0.05) is 116 Å². The van der Waals surface area contributed by atoms with E-state index in [1.165, 1.54) is 78.2 Å². The predicted molar refractivity (Wildman–Crippen MR) is 441 cm³/mol. The summed E-state index contributed by atoms with van der Waals surface area (Å²) in [6.45, 7) is -5.45. The minimum absolute atomic E-state index is 0.00939. The van der Waals surface area contributed by atoms with Crippen molar-refractivity contribution in [2.45, 2.75) is 258 Å². The summed E-state index contributed by atoms with van der Waals surface area (Å²) < 4.78 is 363. The molecular weight excluding hydrogens is 2090 g/mol. The molecule has 0 saturated carbocycles. The van der Waals surface area contributed by atoms with E-state index in [1.807, 2.05) is 0 Å². The first-order chi connectivity index (χ1) is 65.9. The van der Waals surface area contributed by atoms with E-state index in [0.717, 1.165) is 14.2 Å². The Bertz CT molecular complexity index is 4030. The molecule has 0 aromatic heterocycles. The third-order valence-electron chi connectivity index (χ3n) is 22.4. The van der Waals surface area contributed by atoms with Gasteiger partial charge in [-0.25, -0.2) is 42.6 Å². The molecule has 9 saturated heterocycles. The van der Waals surface area contributed by atoms with Crippen LogP contribution in [0.5, 0.6) is 0 Å². The van der Waals surface area contributed by atoms with Gasteiger partial charge in [-0.2, -0.15) is 45.4 Å². The topological polar surface area (TPSA) is 777 Å². The van der Waals surface area contributed by atoms with Crippen molar-refractivity contribution < 1.29 is 282 Å². The molecule has 138 heavy (non-hydrogen) atoms. The molecule has 0 radical (unpaired) electrons. The first-order valence-corrected chi connectivity index (χ1v) is 49.7. The van der Waals surface area contributed by atoms with Crippen molar-refractivity contribution in [1.82, 2.24) is 16.0 Å². The number of nitrogens with one attached hydrogen (secondary N) is 3. The number of ether oxygens (including phenoxy) is 26. The van der Waals surface area contributed by atoms with Gasteiger partial charge in [-0.05, 0) is 12.8 Å². The lowest BCUT2D eigenvalue weighted by molar-refractivity contribution is -0.437. The van der Waals surface area contributed by atoms with Crippen molar-refractivity contribution in [3.05, 3.63) is 0 Å². The van der Waals surface area contributed by atoms with E-state index in [2.05, 4.69) is 61.8 Å². The highest BCUT2D eigenvalue weighted by molar-refractivity contribution is 8.00. The second-order valence-corrected chi connectivity index (χ2v) is 37.6. The van der Waals surface area contributed by atoms with E-state index >= 15 is 0 Å². The average molecular weight is 2200 g/mol. The van der Waals surface area contributed by atoms with Crippen molar-refractivity contribution in [2.75, 3.05) is 144 Å². The fraction of sp³-hybridized carbons (Fsp3) is 0.969. The normalized spacial score (nSPS) is 38.3. The zero-order chi connectivity index (χ0) is 101. The number of unbranched alkanes of at least 4 members (excludes halogenated alkanes) is 1.